The molecule has 3 heterocycles. The minimum absolute atomic E-state index is 0.111. The molecule has 29 heavy (non-hydrogen) atoms. The summed E-state index contributed by atoms with van der Waals surface area (Å²) < 4.78 is 1.67. The lowest BCUT2D eigenvalue weighted by Crippen LogP contribution is -2.18. The van der Waals surface area contributed by atoms with E-state index in [9.17, 15) is 5.11 Å². The van der Waals surface area contributed by atoms with E-state index in [0.717, 1.165) is 16.5 Å². The van der Waals surface area contributed by atoms with E-state index in [-0.39, 0.29) is 6.61 Å². The Hall–Kier alpha value is -3.50. The number of oxime groups is 1. The van der Waals surface area contributed by atoms with E-state index >= 15 is 0 Å². The van der Waals surface area contributed by atoms with Crippen molar-refractivity contribution in [2.24, 2.45) is 5.16 Å². The third-order valence-electron chi connectivity index (χ3n) is 4.28. The first-order valence-electron chi connectivity index (χ1n) is 9.00. The zero-order valence-electron chi connectivity index (χ0n) is 15.7. The fraction of sp³-hybridized carbons (Fsp3) is 0.263. The van der Waals surface area contributed by atoms with Crippen LogP contribution in [0.3, 0.4) is 0 Å². The zero-order chi connectivity index (χ0) is 20.2. The first-order valence-corrected chi connectivity index (χ1v) is 9.00. The van der Waals surface area contributed by atoms with Crippen LogP contribution in [0, 0.1) is 0 Å². The summed E-state index contributed by atoms with van der Waals surface area (Å²) in [6, 6.07) is 9.93. The van der Waals surface area contributed by atoms with Gasteiger partial charge in [0.25, 0.3) is 0 Å². The number of pyridine rings is 1. The number of hydrogen-bond donors (Lipinski definition) is 2. The average Bonchev–Trinajstić information content (AvgIpc) is 3.15. The van der Waals surface area contributed by atoms with Crippen LogP contribution in [0.25, 0.3) is 22.2 Å². The molecule has 0 amide bonds. The highest BCUT2D eigenvalue weighted by Crippen LogP contribution is 2.15. The topological polar surface area (TPSA) is 131 Å². The highest BCUT2D eigenvalue weighted by atomic mass is 16.6. The Labute approximate surface area is 165 Å². The van der Waals surface area contributed by atoms with Gasteiger partial charge in [-0.25, -0.2) is 14.6 Å². The molecule has 4 aromatic rings. The molecule has 2 N–H and O–H groups in total. The third kappa shape index (κ3) is 4.18. The number of aromatic nitrogens is 6. The molecular weight excluding hydrogens is 374 g/mol. The van der Waals surface area contributed by atoms with Crippen LogP contribution in [-0.4, -0.2) is 65.2 Å². The molecular formula is C19H19N7O3. The molecule has 0 saturated carbocycles. The lowest BCUT2D eigenvalue weighted by molar-refractivity contribution is 0.00831. The largest absolute Gasteiger partial charge is 0.394 e. The van der Waals surface area contributed by atoms with Crippen molar-refractivity contribution >= 4 is 27.9 Å². The second kappa shape index (κ2) is 8.25. The number of benzene rings is 1. The Bertz CT molecular complexity index is 1170. The molecule has 0 aliphatic carbocycles. The molecule has 4 rings (SSSR count). The SMILES string of the molecule is CC(=NOCC(O)CO)c1cnc2nnn(Cc3ccc4ncccc4c3)c2n1. The van der Waals surface area contributed by atoms with E-state index in [0.29, 0.717) is 29.2 Å². The standard InChI is InChI=1S/C19H19N7O3/c1-12(24-29-11-15(28)10-27)17-8-21-18-19(22-17)26(25-23-18)9-13-4-5-16-14(7-13)3-2-6-20-16/h2-8,15,27-28H,9-11H2,1H3. The van der Waals surface area contributed by atoms with Crippen molar-refractivity contribution in [2.75, 3.05) is 13.2 Å². The van der Waals surface area contributed by atoms with Gasteiger partial charge in [0.1, 0.15) is 24.1 Å². The fourth-order valence-electron chi connectivity index (χ4n) is 2.75. The molecule has 1 unspecified atom stereocenters. The minimum atomic E-state index is -0.983. The number of rotatable bonds is 7. The van der Waals surface area contributed by atoms with E-state index in [1.165, 1.54) is 6.20 Å². The molecule has 10 heteroatoms. The number of fused-ring (bicyclic) bond motifs is 2. The quantitative estimate of drug-likeness (QED) is 0.350. The van der Waals surface area contributed by atoms with Crippen LogP contribution in [0.15, 0.2) is 47.9 Å². The Balaban J connectivity index is 1.58. The van der Waals surface area contributed by atoms with E-state index in [1.54, 1.807) is 17.8 Å². The summed E-state index contributed by atoms with van der Waals surface area (Å²) in [7, 11) is 0. The van der Waals surface area contributed by atoms with Gasteiger partial charge >= 0.3 is 0 Å². The molecule has 0 spiro atoms. The van der Waals surface area contributed by atoms with Gasteiger partial charge in [-0.1, -0.05) is 22.5 Å². The van der Waals surface area contributed by atoms with Crippen molar-refractivity contribution in [3.63, 3.8) is 0 Å². The number of aliphatic hydroxyl groups excluding tert-OH is 2. The fourth-order valence-corrected chi connectivity index (χ4v) is 2.75. The molecule has 1 atom stereocenters. The molecule has 0 fully saturated rings. The predicted octanol–water partition coefficient (Wildman–Crippen LogP) is 0.912. The Morgan fingerprint density at radius 3 is 3.03 bits per heavy atom. The molecule has 0 aliphatic heterocycles. The third-order valence-corrected chi connectivity index (χ3v) is 4.28. The molecule has 0 bridgehead atoms. The Morgan fingerprint density at radius 2 is 2.17 bits per heavy atom. The molecule has 148 valence electrons. The van der Waals surface area contributed by atoms with Crippen LogP contribution < -0.4 is 0 Å². The molecule has 10 nitrogen and oxygen atoms in total. The van der Waals surface area contributed by atoms with Crippen molar-refractivity contribution in [1.29, 1.82) is 0 Å². The Morgan fingerprint density at radius 1 is 1.28 bits per heavy atom. The predicted molar refractivity (Wildman–Crippen MR) is 105 cm³/mol. The van der Waals surface area contributed by atoms with Crippen molar-refractivity contribution in [2.45, 2.75) is 19.6 Å². The van der Waals surface area contributed by atoms with Crippen molar-refractivity contribution < 1.29 is 15.1 Å². The summed E-state index contributed by atoms with van der Waals surface area (Å²) in [5, 5.41) is 31.3. The summed E-state index contributed by atoms with van der Waals surface area (Å²) >= 11 is 0. The van der Waals surface area contributed by atoms with Gasteiger partial charge < -0.3 is 15.1 Å². The van der Waals surface area contributed by atoms with E-state index in [1.807, 2.05) is 24.3 Å². The van der Waals surface area contributed by atoms with Gasteiger partial charge in [0, 0.05) is 11.6 Å². The van der Waals surface area contributed by atoms with Crippen LogP contribution >= 0.6 is 0 Å². The molecule has 0 radical (unpaired) electrons. The maximum atomic E-state index is 9.30. The molecule has 0 aliphatic rings. The van der Waals surface area contributed by atoms with E-state index < -0.39 is 12.7 Å². The van der Waals surface area contributed by atoms with Crippen molar-refractivity contribution in [3.05, 3.63) is 54.0 Å². The van der Waals surface area contributed by atoms with E-state index in [4.69, 9.17) is 9.94 Å². The summed E-state index contributed by atoms with van der Waals surface area (Å²) in [6.07, 6.45) is 2.32. The normalized spacial score (nSPS) is 13.1. The summed E-state index contributed by atoms with van der Waals surface area (Å²) in [4.78, 5) is 18.2. The monoisotopic (exact) mass is 393 g/mol. The maximum Gasteiger partial charge on any atom is 0.221 e. The highest BCUT2D eigenvalue weighted by molar-refractivity contribution is 5.97. The summed E-state index contributed by atoms with van der Waals surface area (Å²) in [5.74, 6) is 0. The maximum absolute atomic E-state index is 9.30. The van der Waals surface area contributed by atoms with Crippen LogP contribution in [0.5, 0.6) is 0 Å². The molecule has 3 aromatic heterocycles. The summed E-state index contributed by atoms with van der Waals surface area (Å²) in [5.41, 5.74) is 3.91. The first-order chi connectivity index (χ1) is 14.1. The van der Waals surface area contributed by atoms with Gasteiger partial charge in [-0.3, -0.25) is 4.98 Å². The summed E-state index contributed by atoms with van der Waals surface area (Å²) in [6.45, 7) is 1.69. The van der Waals surface area contributed by atoms with Crippen molar-refractivity contribution in [3.8, 4) is 0 Å². The van der Waals surface area contributed by atoms with Crippen LogP contribution in [0.2, 0.25) is 0 Å². The zero-order valence-corrected chi connectivity index (χ0v) is 15.7. The number of hydrogen-bond acceptors (Lipinski definition) is 9. The van der Waals surface area contributed by atoms with Gasteiger partial charge in [0.15, 0.2) is 5.65 Å². The van der Waals surface area contributed by atoms with Crippen LogP contribution in [0.4, 0.5) is 0 Å². The average molecular weight is 393 g/mol. The molecule has 1 aromatic carbocycles. The van der Waals surface area contributed by atoms with Gasteiger partial charge in [-0.05, 0) is 30.7 Å². The number of aliphatic hydroxyl groups is 2. The van der Waals surface area contributed by atoms with Gasteiger partial charge in [-0.15, -0.1) is 5.10 Å². The second-order valence-corrected chi connectivity index (χ2v) is 6.49. The highest BCUT2D eigenvalue weighted by Gasteiger charge is 2.12. The smallest absolute Gasteiger partial charge is 0.221 e. The van der Waals surface area contributed by atoms with Crippen molar-refractivity contribution in [1.82, 2.24) is 29.9 Å². The van der Waals surface area contributed by atoms with Gasteiger partial charge in [0.2, 0.25) is 5.65 Å². The lowest BCUT2D eigenvalue weighted by atomic mass is 10.1. The van der Waals surface area contributed by atoms with Crippen LogP contribution in [0.1, 0.15) is 18.2 Å². The minimum Gasteiger partial charge on any atom is -0.394 e. The van der Waals surface area contributed by atoms with Gasteiger partial charge in [-0.2, -0.15) is 0 Å². The number of nitrogens with zero attached hydrogens (tertiary/aromatic N) is 7. The molecule has 0 saturated heterocycles. The van der Waals surface area contributed by atoms with Crippen LogP contribution in [-0.2, 0) is 11.4 Å². The first kappa shape index (κ1) is 18.8. The second-order valence-electron chi connectivity index (χ2n) is 6.49. The Kier molecular flexibility index (Phi) is 5.36. The lowest BCUT2D eigenvalue weighted by Gasteiger charge is -2.06. The van der Waals surface area contributed by atoms with E-state index in [2.05, 4.69) is 36.5 Å². The van der Waals surface area contributed by atoms with Gasteiger partial charge in [0.05, 0.1) is 24.9 Å².